The molecule has 0 saturated heterocycles. The van der Waals surface area contributed by atoms with Gasteiger partial charge in [0, 0.05) is 11.5 Å². The Labute approximate surface area is 135 Å². The summed E-state index contributed by atoms with van der Waals surface area (Å²) >= 11 is 0. The minimum atomic E-state index is -0.545. The number of carbonyl (C=O) groups excluding carboxylic acids is 2. The highest BCUT2D eigenvalue weighted by atomic mass is 16.5. The molecule has 0 saturated carbocycles. The van der Waals surface area contributed by atoms with E-state index in [0.717, 1.165) is 16.3 Å². The van der Waals surface area contributed by atoms with E-state index in [9.17, 15) is 14.7 Å². The van der Waals surface area contributed by atoms with Crippen molar-refractivity contribution in [2.45, 2.75) is 20.3 Å². The number of phenolic OH excluding ortho intramolecular Hbond substituents is 1. The van der Waals surface area contributed by atoms with Gasteiger partial charge in [-0.05, 0) is 41.8 Å². The van der Waals surface area contributed by atoms with Gasteiger partial charge in [0.1, 0.15) is 5.75 Å². The summed E-state index contributed by atoms with van der Waals surface area (Å²) < 4.78 is 4.89. The number of phenols is 1. The van der Waals surface area contributed by atoms with Crippen molar-refractivity contribution >= 4 is 22.5 Å². The van der Waals surface area contributed by atoms with Crippen molar-refractivity contribution in [3.8, 4) is 5.75 Å². The lowest BCUT2D eigenvalue weighted by Gasteiger charge is -2.12. The summed E-state index contributed by atoms with van der Waals surface area (Å²) in [6, 6.07) is 11.0. The lowest BCUT2D eigenvalue weighted by molar-refractivity contribution is -0.145. The molecule has 1 N–H and O–H groups in total. The fraction of sp³-hybridized carbons (Fsp3) is 0.263. The predicted molar refractivity (Wildman–Crippen MR) is 89.3 cm³/mol. The highest BCUT2D eigenvalue weighted by Gasteiger charge is 2.16. The van der Waals surface area contributed by atoms with Gasteiger partial charge >= 0.3 is 5.97 Å². The molecule has 0 spiro atoms. The van der Waals surface area contributed by atoms with Crippen LogP contribution in [-0.4, -0.2) is 23.5 Å². The van der Waals surface area contributed by atoms with Crippen LogP contribution in [0.25, 0.3) is 10.8 Å². The standard InChI is InChI=1S/C19H20O4/c1-12(2)19(22)23-11-18(21)13(3)8-14-4-5-16-10-17(20)7-6-15(16)9-14/h4-7,9-10,13,20H,1,8,11H2,2-3H3. The predicted octanol–water partition coefficient (Wildman–Crippen LogP) is 3.41. The van der Waals surface area contributed by atoms with Crippen molar-refractivity contribution in [2.24, 2.45) is 5.92 Å². The highest BCUT2D eigenvalue weighted by Crippen LogP contribution is 2.22. The van der Waals surface area contributed by atoms with E-state index in [0.29, 0.717) is 6.42 Å². The monoisotopic (exact) mass is 312 g/mol. The zero-order valence-electron chi connectivity index (χ0n) is 13.3. The Morgan fingerprint density at radius 2 is 1.83 bits per heavy atom. The smallest absolute Gasteiger partial charge is 0.333 e. The summed E-state index contributed by atoms with van der Waals surface area (Å²) in [5.41, 5.74) is 1.30. The van der Waals surface area contributed by atoms with E-state index >= 15 is 0 Å². The van der Waals surface area contributed by atoms with Crippen LogP contribution in [0.3, 0.4) is 0 Å². The second kappa shape index (κ2) is 7.09. The van der Waals surface area contributed by atoms with E-state index in [1.54, 1.807) is 19.1 Å². The maximum Gasteiger partial charge on any atom is 0.333 e. The van der Waals surface area contributed by atoms with Crippen molar-refractivity contribution in [3.05, 3.63) is 54.1 Å². The van der Waals surface area contributed by atoms with E-state index in [2.05, 4.69) is 6.58 Å². The molecule has 23 heavy (non-hydrogen) atoms. The molecule has 1 unspecified atom stereocenters. The quantitative estimate of drug-likeness (QED) is 0.656. The van der Waals surface area contributed by atoms with Crippen molar-refractivity contribution < 1.29 is 19.4 Å². The number of carbonyl (C=O) groups is 2. The number of hydrogen-bond acceptors (Lipinski definition) is 4. The number of ketones is 1. The third kappa shape index (κ3) is 4.42. The first-order valence-corrected chi connectivity index (χ1v) is 7.44. The van der Waals surface area contributed by atoms with E-state index in [1.807, 2.05) is 31.2 Å². The largest absolute Gasteiger partial charge is 0.508 e. The topological polar surface area (TPSA) is 63.6 Å². The zero-order valence-corrected chi connectivity index (χ0v) is 13.3. The Morgan fingerprint density at radius 3 is 2.52 bits per heavy atom. The summed E-state index contributed by atoms with van der Waals surface area (Å²) in [7, 11) is 0. The molecule has 0 aliphatic rings. The number of aromatic hydroxyl groups is 1. The van der Waals surface area contributed by atoms with Crippen LogP contribution in [0.2, 0.25) is 0 Å². The Hall–Kier alpha value is -2.62. The lowest BCUT2D eigenvalue weighted by Crippen LogP contribution is -2.21. The molecule has 0 amide bonds. The molecule has 0 aliphatic heterocycles. The van der Waals surface area contributed by atoms with E-state index in [-0.39, 0.29) is 29.6 Å². The number of fused-ring (bicyclic) bond motifs is 1. The molecule has 0 radical (unpaired) electrons. The van der Waals surface area contributed by atoms with Crippen LogP contribution in [0.15, 0.2) is 48.6 Å². The molecule has 0 aliphatic carbocycles. The molecule has 1 atom stereocenters. The molecule has 0 heterocycles. The molecule has 120 valence electrons. The third-order valence-electron chi connectivity index (χ3n) is 3.67. The van der Waals surface area contributed by atoms with Gasteiger partial charge in [-0.1, -0.05) is 37.8 Å². The molecule has 2 rings (SSSR count). The lowest BCUT2D eigenvalue weighted by atomic mass is 9.95. The van der Waals surface area contributed by atoms with Gasteiger partial charge in [-0.25, -0.2) is 4.79 Å². The molecule has 0 bridgehead atoms. The number of rotatable bonds is 6. The Bertz CT molecular complexity index is 761. The zero-order chi connectivity index (χ0) is 17.0. The minimum Gasteiger partial charge on any atom is -0.508 e. The minimum absolute atomic E-state index is 0.120. The molecule has 4 heteroatoms. The molecular formula is C19H20O4. The van der Waals surface area contributed by atoms with Gasteiger partial charge in [-0.15, -0.1) is 0 Å². The first-order valence-electron chi connectivity index (χ1n) is 7.44. The van der Waals surface area contributed by atoms with Crippen LogP contribution >= 0.6 is 0 Å². The molecule has 0 aromatic heterocycles. The maximum atomic E-state index is 12.0. The van der Waals surface area contributed by atoms with Gasteiger partial charge in [0.15, 0.2) is 12.4 Å². The number of esters is 1. The molecule has 2 aromatic carbocycles. The van der Waals surface area contributed by atoms with Crippen molar-refractivity contribution in [1.82, 2.24) is 0 Å². The molecular weight excluding hydrogens is 292 g/mol. The number of hydrogen-bond donors (Lipinski definition) is 1. The van der Waals surface area contributed by atoms with Gasteiger partial charge in [-0.3, -0.25) is 4.79 Å². The first-order chi connectivity index (χ1) is 10.9. The van der Waals surface area contributed by atoms with Crippen LogP contribution in [0.5, 0.6) is 5.75 Å². The van der Waals surface area contributed by atoms with E-state index in [4.69, 9.17) is 4.74 Å². The number of Topliss-reactive ketones (excluding diaryl/α,β-unsaturated/α-hetero) is 1. The summed E-state index contributed by atoms with van der Waals surface area (Å²) in [6.07, 6.45) is 0.570. The van der Waals surface area contributed by atoms with E-state index in [1.165, 1.54) is 0 Å². The number of ether oxygens (including phenoxy) is 1. The van der Waals surface area contributed by atoms with Gasteiger partial charge in [0.2, 0.25) is 0 Å². The summed E-state index contributed by atoms with van der Waals surface area (Å²) in [5.74, 6) is -0.683. The van der Waals surface area contributed by atoms with Crippen molar-refractivity contribution in [3.63, 3.8) is 0 Å². The second-order valence-corrected chi connectivity index (χ2v) is 5.79. The molecule has 2 aromatic rings. The van der Waals surface area contributed by atoms with Gasteiger partial charge in [0.25, 0.3) is 0 Å². The van der Waals surface area contributed by atoms with Gasteiger partial charge < -0.3 is 9.84 Å². The normalized spacial score (nSPS) is 11.9. The fourth-order valence-corrected chi connectivity index (χ4v) is 2.28. The average molecular weight is 312 g/mol. The Morgan fingerprint density at radius 1 is 1.17 bits per heavy atom. The second-order valence-electron chi connectivity index (χ2n) is 5.79. The van der Waals surface area contributed by atoms with Crippen LogP contribution < -0.4 is 0 Å². The third-order valence-corrected chi connectivity index (χ3v) is 3.67. The maximum absolute atomic E-state index is 12.0. The molecule has 4 nitrogen and oxygen atoms in total. The summed E-state index contributed by atoms with van der Waals surface area (Å²) in [4.78, 5) is 23.4. The van der Waals surface area contributed by atoms with Crippen LogP contribution in [0.1, 0.15) is 19.4 Å². The van der Waals surface area contributed by atoms with Crippen LogP contribution in [0, 0.1) is 5.92 Å². The van der Waals surface area contributed by atoms with Crippen molar-refractivity contribution in [2.75, 3.05) is 6.61 Å². The Kier molecular flexibility index (Phi) is 5.16. The van der Waals surface area contributed by atoms with Gasteiger partial charge in [-0.2, -0.15) is 0 Å². The SMILES string of the molecule is C=C(C)C(=O)OCC(=O)C(C)Cc1ccc2cc(O)ccc2c1. The average Bonchev–Trinajstić information content (AvgIpc) is 2.52. The number of benzene rings is 2. The fourth-order valence-electron chi connectivity index (χ4n) is 2.28. The highest BCUT2D eigenvalue weighted by molar-refractivity contribution is 5.90. The van der Waals surface area contributed by atoms with E-state index < -0.39 is 5.97 Å². The van der Waals surface area contributed by atoms with Crippen LogP contribution in [-0.2, 0) is 20.7 Å². The first kappa shape index (κ1) is 16.7. The van der Waals surface area contributed by atoms with Gasteiger partial charge in [0.05, 0.1) is 0 Å². The van der Waals surface area contributed by atoms with Crippen molar-refractivity contribution in [1.29, 1.82) is 0 Å². The molecule has 0 fully saturated rings. The van der Waals surface area contributed by atoms with Crippen LogP contribution in [0.4, 0.5) is 0 Å². The summed E-state index contributed by atoms with van der Waals surface area (Å²) in [5, 5.41) is 11.4. The Balaban J connectivity index is 2.00. The summed E-state index contributed by atoms with van der Waals surface area (Å²) in [6.45, 7) is 6.61.